The zero-order valence-corrected chi connectivity index (χ0v) is 11.7. The van der Waals surface area contributed by atoms with Crippen LogP contribution in [0.2, 0.25) is 0 Å². The van der Waals surface area contributed by atoms with E-state index in [-0.39, 0.29) is 17.2 Å². The smallest absolute Gasteiger partial charge is 0.255 e. The average molecular weight is 347 g/mol. The molecule has 5 heteroatoms. The van der Waals surface area contributed by atoms with E-state index in [0.29, 0.717) is 18.8 Å². The van der Waals surface area contributed by atoms with Crippen LogP contribution in [0.4, 0.5) is 0 Å². The molecule has 1 fully saturated rings. The fourth-order valence-electron chi connectivity index (χ4n) is 1.80. The zero-order valence-electron chi connectivity index (χ0n) is 9.50. The number of benzene rings is 1. The van der Waals surface area contributed by atoms with E-state index in [1.165, 1.54) is 6.07 Å². The Morgan fingerprint density at radius 2 is 2.35 bits per heavy atom. The molecule has 1 aliphatic rings. The van der Waals surface area contributed by atoms with Crippen molar-refractivity contribution >= 4 is 28.5 Å². The Kier molecular flexibility index (Phi) is 3.58. The summed E-state index contributed by atoms with van der Waals surface area (Å²) in [6.45, 7) is 3.13. The van der Waals surface area contributed by atoms with Gasteiger partial charge in [-0.05, 0) is 54.1 Å². The van der Waals surface area contributed by atoms with Gasteiger partial charge in [0.2, 0.25) is 0 Å². The molecule has 0 aliphatic carbocycles. The lowest BCUT2D eigenvalue weighted by atomic mass is 10.0. The summed E-state index contributed by atoms with van der Waals surface area (Å²) < 4.78 is 6.19. The first-order valence-electron chi connectivity index (χ1n) is 5.39. The summed E-state index contributed by atoms with van der Waals surface area (Å²) in [5.41, 5.74) is -0.0184. The predicted molar refractivity (Wildman–Crippen MR) is 72.1 cm³/mol. The molecule has 1 aromatic carbocycles. The highest BCUT2D eigenvalue weighted by atomic mass is 127. The number of carbonyl (C=O) groups excluding carboxylic acids is 1. The summed E-state index contributed by atoms with van der Waals surface area (Å²) in [5, 5.41) is 12.6. The van der Waals surface area contributed by atoms with Crippen LogP contribution in [0.25, 0.3) is 0 Å². The van der Waals surface area contributed by atoms with E-state index in [2.05, 4.69) is 27.9 Å². The number of ether oxygens (including phenoxy) is 1. The highest BCUT2D eigenvalue weighted by Crippen LogP contribution is 2.22. The molecule has 0 aromatic heterocycles. The van der Waals surface area contributed by atoms with E-state index in [1.54, 1.807) is 12.1 Å². The Balaban J connectivity index is 2.17. The Hall–Kier alpha value is -0.820. The van der Waals surface area contributed by atoms with Crippen molar-refractivity contribution in [3.8, 4) is 5.75 Å². The van der Waals surface area contributed by atoms with Gasteiger partial charge in [0.25, 0.3) is 5.91 Å². The molecule has 92 valence electrons. The summed E-state index contributed by atoms with van der Waals surface area (Å²) in [7, 11) is 0. The lowest BCUT2D eigenvalue weighted by Crippen LogP contribution is -2.46. The summed E-state index contributed by atoms with van der Waals surface area (Å²) >= 11 is 2.11. The molecular weight excluding hydrogens is 333 g/mol. The van der Waals surface area contributed by atoms with Gasteiger partial charge < -0.3 is 15.2 Å². The topological polar surface area (TPSA) is 58.6 Å². The zero-order chi connectivity index (χ0) is 12.5. The number of hydrogen-bond donors (Lipinski definition) is 2. The van der Waals surface area contributed by atoms with Crippen molar-refractivity contribution in [1.82, 2.24) is 5.32 Å². The molecule has 1 aromatic rings. The maximum Gasteiger partial charge on any atom is 0.255 e. The molecule has 0 radical (unpaired) electrons. The first-order valence-corrected chi connectivity index (χ1v) is 6.47. The lowest BCUT2D eigenvalue weighted by molar-refractivity contribution is 0.0887. The van der Waals surface area contributed by atoms with Crippen LogP contribution in [0, 0.1) is 3.57 Å². The third-order valence-corrected chi connectivity index (χ3v) is 3.51. The second kappa shape index (κ2) is 4.81. The van der Waals surface area contributed by atoms with Crippen LogP contribution >= 0.6 is 22.6 Å². The maximum absolute atomic E-state index is 12.0. The van der Waals surface area contributed by atoms with Gasteiger partial charge in [0.15, 0.2) is 0 Å². The first kappa shape index (κ1) is 12.6. The van der Waals surface area contributed by atoms with Gasteiger partial charge in [-0.1, -0.05) is 0 Å². The van der Waals surface area contributed by atoms with E-state index in [9.17, 15) is 9.90 Å². The fraction of sp³-hybridized carbons (Fsp3) is 0.417. The minimum absolute atomic E-state index is 0.00503. The van der Waals surface area contributed by atoms with Crippen LogP contribution in [0.1, 0.15) is 23.7 Å². The molecule has 17 heavy (non-hydrogen) atoms. The van der Waals surface area contributed by atoms with Crippen LogP contribution in [-0.2, 0) is 4.74 Å². The van der Waals surface area contributed by atoms with Gasteiger partial charge in [-0.3, -0.25) is 4.79 Å². The maximum atomic E-state index is 12.0. The van der Waals surface area contributed by atoms with Gasteiger partial charge in [-0.2, -0.15) is 0 Å². The van der Waals surface area contributed by atoms with Crippen molar-refractivity contribution in [2.45, 2.75) is 18.9 Å². The Morgan fingerprint density at radius 3 is 3.00 bits per heavy atom. The van der Waals surface area contributed by atoms with Crippen LogP contribution in [0.5, 0.6) is 5.75 Å². The average Bonchev–Trinajstić information content (AvgIpc) is 2.68. The molecule has 0 saturated carbocycles. The summed E-state index contributed by atoms with van der Waals surface area (Å²) in [6, 6.07) is 4.96. The van der Waals surface area contributed by atoms with Gasteiger partial charge in [-0.25, -0.2) is 0 Å². The SMILES string of the molecule is CC1(NC(=O)c2cc(I)ccc2O)CCOC1. The normalized spacial score (nSPS) is 23.6. The Labute approximate surface area is 113 Å². The molecule has 2 rings (SSSR count). The molecule has 2 N–H and O–H groups in total. The number of phenolic OH excluding ortho intramolecular Hbond substituents is 1. The molecule has 1 unspecified atom stereocenters. The van der Waals surface area contributed by atoms with Crippen molar-refractivity contribution in [1.29, 1.82) is 0 Å². The summed E-state index contributed by atoms with van der Waals surface area (Å²) in [5.74, 6) is -0.251. The van der Waals surface area contributed by atoms with Gasteiger partial charge >= 0.3 is 0 Å². The number of carbonyl (C=O) groups is 1. The summed E-state index contributed by atoms with van der Waals surface area (Å²) in [4.78, 5) is 12.0. The quantitative estimate of drug-likeness (QED) is 0.804. The lowest BCUT2D eigenvalue weighted by Gasteiger charge is -2.23. The largest absolute Gasteiger partial charge is 0.507 e. The number of nitrogens with one attached hydrogen (secondary N) is 1. The molecule has 1 heterocycles. The van der Waals surface area contributed by atoms with E-state index < -0.39 is 0 Å². The van der Waals surface area contributed by atoms with E-state index in [4.69, 9.17) is 4.74 Å². The van der Waals surface area contributed by atoms with Crippen molar-refractivity contribution in [2.75, 3.05) is 13.2 Å². The van der Waals surface area contributed by atoms with Crippen LogP contribution in [0.15, 0.2) is 18.2 Å². The van der Waals surface area contributed by atoms with E-state index >= 15 is 0 Å². The molecule has 0 bridgehead atoms. The second-order valence-corrected chi connectivity index (χ2v) is 5.72. The van der Waals surface area contributed by atoms with Crippen molar-refractivity contribution in [3.63, 3.8) is 0 Å². The molecule has 0 spiro atoms. The molecule has 1 aliphatic heterocycles. The minimum Gasteiger partial charge on any atom is -0.507 e. The van der Waals surface area contributed by atoms with Crippen LogP contribution in [0.3, 0.4) is 0 Å². The van der Waals surface area contributed by atoms with Crippen LogP contribution in [-0.4, -0.2) is 29.8 Å². The highest BCUT2D eigenvalue weighted by molar-refractivity contribution is 14.1. The third kappa shape index (κ3) is 2.90. The standard InChI is InChI=1S/C12H14INO3/c1-12(4-5-17-7-12)14-11(16)9-6-8(13)2-3-10(9)15/h2-3,6,15H,4-5,7H2,1H3,(H,14,16). The number of amides is 1. The fourth-order valence-corrected chi connectivity index (χ4v) is 2.29. The van der Waals surface area contributed by atoms with Gasteiger partial charge in [-0.15, -0.1) is 0 Å². The molecule has 1 atom stereocenters. The minimum atomic E-state index is -0.329. The van der Waals surface area contributed by atoms with Crippen molar-refractivity contribution < 1.29 is 14.6 Å². The number of halogens is 1. The number of hydrogen-bond acceptors (Lipinski definition) is 3. The van der Waals surface area contributed by atoms with Crippen molar-refractivity contribution in [2.24, 2.45) is 0 Å². The van der Waals surface area contributed by atoms with Gasteiger partial charge in [0.1, 0.15) is 5.75 Å². The Bertz CT molecular complexity index is 441. The molecule has 1 amide bonds. The van der Waals surface area contributed by atoms with Crippen molar-refractivity contribution in [3.05, 3.63) is 27.3 Å². The molecular formula is C12H14INO3. The second-order valence-electron chi connectivity index (χ2n) is 4.48. The number of phenols is 1. The third-order valence-electron chi connectivity index (χ3n) is 2.84. The molecule has 4 nitrogen and oxygen atoms in total. The molecule has 1 saturated heterocycles. The van der Waals surface area contributed by atoms with E-state index in [1.807, 2.05) is 6.92 Å². The van der Waals surface area contributed by atoms with Gasteiger partial charge in [0, 0.05) is 10.2 Å². The van der Waals surface area contributed by atoms with Crippen LogP contribution < -0.4 is 5.32 Å². The monoisotopic (exact) mass is 347 g/mol. The highest BCUT2D eigenvalue weighted by Gasteiger charge is 2.32. The number of rotatable bonds is 2. The van der Waals surface area contributed by atoms with E-state index in [0.717, 1.165) is 9.99 Å². The first-order chi connectivity index (χ1) is 8.00. The number of aromatic hydroxyl groups is 1. The predicted octanol–water partition coefficient (Wildman–Crippen LogP) is 1.91. The Morgan fingerprint density at radius 1 is 1.59 bits per heavy atom. The summed E-state index contributed by atoms with van der Waals surface area (Å²) in [6.07, 6.45) is 0.795. The van der Waals surface area contributed by atoms with Gasteiger partial charge in [0.05, 0.1) is 17.7 Å².